The van der Waals surface area contributed by atoms with Crippen molar-refractivity contribution in [3.8, 4) is 0 Å². The van der Waals surface area contributed by atoms with Gasteiger partial charge in [0.15, 0.2) is 0 Å². The second-order valence-electron chi connectivity index (χ2n) is 2.79. The zero-order valence-electron chi connectivity index (χ0n) is 8.95. The molecule has 80 valence electrons. The topological polar surface area (TPSA) is 38.8 Å². The monoisotopic (exact) mass is 209 g/mol. The molecule has 0 aliphatic rings. The predicted octanol–water partition coefficient (Wildman–Crippen LogP) is 2.51. The van der Waals surface area contributed by atoms with Gasteiger partial charge in [-0.3, -0.25) is 9.05 Å². The average molecular weight is 209 g/mol. The summed E-state index contributed by atoms with van der Waals surface area (Å²) in [5.74, 6) is 0. The van der Waals surface area contributed by atoms with E-state index < -0.39 is 7.75 Å². The van der Waals surface area contributed by atoms with E-state index >= 15 is 0 Å². The molecule has 13 heavy (non-hydrogen) atoms. The van der Waals surface area contributed by atoms with Gasteiger partial charge in [-0.25, -0.2) is 9.24 Å². The predicted molar refractivity (Wildman–Crippen MR) is 53.8 cm³/mol. The van der Waals surface area contributed by atoms with Gasteiger partial charge in [-0.1, -0.05) is 13.8 Å². The van der Waals surface area contributed by atoms with Gasteiger partial charge >= 0.3 is 7.75 Å². The van der Waals surface area contributed by atoms with Gasteiger partial charge in [0.05, 0.1) is 0 Å². The van der Waals surface area contributed by atoms with Crippen LogP contribution in [0.25, 0.3) is 0 Å². The Morgan fingerprint density at radius 3 is 1.69 bits per heavy atom. The Hall–Kier alpha value is 0.110. The van der Waals surface area contributed by atoms with Crippen LogP contribution in [0.1, 0.15) is 26.7 Å². The lowest BCUT2D eigenvalue weighted by molar-refractivity contribution is 0.207. The van der Waals surface area contributed by atoms with Crippen LogP contribution in [-0.4, -0.2) is 32.0 Å². The Balaban J connectivity index is 4.38. The highest BCUT2D eigenvalue weighted by Crippen LogP contribution is 2.50. The van der Waals surface area contributed by atoms with Crippen LogP contribution in [0.5, 0.6) is 0 Å². The Labute approximate surface area is 80.8 Å². The molecule has 0 saturated heterocycles. The number of hydrogen-bond acceptors (Lipinski definition) is 3. The summed E-state index contributed by atoms with van der Waals surface area (Å²) in [7, 11) is -0.153. The molecule has 0 aromatic heterocycles. The highest BCUT2D eigenvalue weighted by Gasteiger charge is 2.29. The Morgan fingerprint density at radius 1 is 1.08 bits per heavy atom. The van der Waals surface area contributed by atoms with Crippen LogP contribution >= 0.6 is 7.75 Å². The fourth-order valence-corrected chi connectivity index (χ4v) is 2.68. The molecule has 0 N–H and O–H groups in total. The van der Waals surface area contributed by atoms with Crippen LogP contribution in [0.15, 0.2) is 0 Å². The molecule has 0 fully saturated rings. The highest BCUT2D eigenvalue weighted by molar-refractivity contribution is 7.51. The molecular formula is C8H20NO3P. The van der Waals surface area contributed by atoms with Crippen molar-refractivity contribution in [1.29, 1.82) is 0 Å². The zero-order chi connectivity index (χ0) is 10.3. The first-order valence-corrected chi connectivity index (χ1v) is 6.11. The standard InChI is InChI=1S/C8H20NO3P/c1-5-7-9(8-6-2)13(10,11-3)12-4/h5-8H2,1-4H3. The minimum absolute atomic E-state index is 0.743. The summed E-state index contributed by atoms with van der Waals surface area (Å²) < 4.78 is 23.5. The molecule has 0 rings (SSSR count). The average Bonchev–Trinajstić information content (AvgIpc) is 2.16. The van der Waals surface area contributed by atoms with Gasteiger partial charge in [0, 0.05) is 27.3 Å². The number of rotatable bonds is 7. The van der Waals surface area contributed by atoms with Crippen molar-refractivity contribution in [2.45, 2.75) is 26.7 Å². The minimum atomic E-state index is -2.99. The molecule has 0 radical (unpaired) electrons. The summed E-state index contributed by atoms with van der Waals surface area (Å²) in [5, 5.41) is 0. The summed E-state index contributed by atoms with van der Waals surface area (Å²) in [6.45, 7) is 5.57. The molecule has 0 unspecified atom stereocenters. The Morgan fingerprint density at radius 2 is 1.46 bits per heavy atom. The first-order chi connectivity index (χ1) is 6.14. The third-order valence-corrected chi connectivity index (χ3v) is 3.79. The normalized spacial score (nSPS) is 12.4. The molecule has 0 aromatic carbocycles. The van der Waals surface area contributed by atoms with Crippen molar-refractivity contribution in [2.75, 3.05) is 27.3 Å². The van der Waals surface area contributed by atoms with Crippen LogP contribution in [-0.2, 0) is 13.6 Å². The van der Waals surface area contributed by atoms with Crippen LogP contribution in [0, 0.1) is 0 Å². The Bertz CT molecular complexity index is 161. The minimum Gasteiger partial charge on any atom is -0.300 e. The molecule has 0 spiro atoms. The van der Waals surface area contributed by atoms with Crippen LogP contribution < -0.4 is 0 Å². The van der Waals surface area contributed by atoms with Gasteiger partial charge in [-0.2, -0.15) is 0 Å². The first-order valence-electron chi connectivity index (χ1n) is 4.61. The fourth-order valence-electron chi connectivity index (χ4n) is 1.18. The largest absolute Gasteiger partial charge is 0.407 e. The van der Waals surface area contributed by atoms with E-state index in [1.807, 2.05) is 13.8 Å². The van der Waals surface area contributed by atoms with Crippen molar-refractivity contribution in [3.63, 3.8) is 0 Å². The smallest absolute Gasteiger partial charge is 0.300 e. The SMILES string of the molecule is CCCN(CCC)P(=O)(OC)OC. The lowest BCUT2D eigenvalue weighted by atomic mass is 10.4. The van der Waals surface area contributed by atoms with Crippen LogP contribution in [0.4, 0.5) is 0 Å². The van der Waals surface area contributed by atoms with Gasteiger partial charge in [0.25, 0.3) is 0 Å². The van der Waals surface area contributed by atoms with E-state index in [2.05, 4.69) is 0 Å². The molecule has 0 amide bonds. The molecule has 0 aromatic rings. The summed E-state index contributed by atoms with van der Waals surface area (Å²) in [5.41, 5.74) is 0. The molecule has 0 aliphatic heterocycles. The van der Waals surface area contributed by atoms with Gasteiger partial charge in [-0.15, -0.1) is 0 Å². The van der Waals surface area contributed by atoms with Crippen molar-refractivity contribution in [1.82, 2.24) is 4.67 Å². The van der Waals surface area contributed by atoms with E-state index in [0.29, 0.717) is 0 Å². The number of hydrogen-bond donors (Lipinski definition) is 0. The van der Waals surface area contributed by atoms with Gasteiger partial charge in [0.1, 0.15) is 0 Å². The fraction of sp³-hybridized carbons (Fsp3) is 1.00. The van der Waals surface area contributed by atoms with E-state index in [1.165, 1.54) is 14.2 Å². The second kappa shape index (κ2) is 6.55. The summed E-state index contributed by atoms with van der Waals surface area (Å²) in [6.07, 6.45) is 1.88. The second-order valence-corrected chi connectivity index (χ2v) is 5.02. The summed E-state index contributed by atoms with van der Waals surface area (Å²) in [6, 6.07) is 0. The summed E-state index contributed by atoms with van der Waals surface area (Å²) >= 11 is 0. The van der Waals surface area contributed by atoms with E-state index in [4.69, 9.17) is 9.05 Å². The van der Waals surface area contributed by atoms with E-state index in [1.54, 1.807) is 4.67 Å². The van der Waals surface area contributed by atoms with Crippen molar-refractivity contribution in [3.05, 3.63) is 0 Å². The van der Waals surface area contributed by atoms with Crippen LogP contribution in [0.2, 0.25) is 0 Å². The lowest BCUT2D eigenvalue weighted by Crippen LogP contribution is -2.23. The first kappa shape index (κ1) is 13.1. The molecule has 0 heterocycles. The van der Waals surface area contributed by atoms with E-state index in [-0.39, 0.29) is 0 Å². The molecule has 0 atom stereocenters. The van der Waals surface area contributed by atoms with Crippen LogP contribution in [0.3, 0.4) is 0 Å². The van der Waals surface area contributed by atoms with Gasteiger partial charge in [0.2, 0.25) is 0 Å². The molecule has 0 bridgehead atoms. The summed E-state index contributed by atoms with van der Waals surface area (Å²) in [4.78, 5) is 0. The maximum atomic E-state index is 11.9. The third kappa shape index (κ3) is 3.77. The number of nitrogens with zero attached hydrogens (tertiary/aromatic N) is 1. The molecule has 0 aliphatic carbocycles. The van der Waals surface area contributed by atoms with Gasteiger partial charge < -0.3 is 0 Å². The van der Waals surface area contributed by atoms with E-state index in [9.17, 15) is 4.57 Å². The quantitative estimate of drug-likeness (QED) is 0.604. The molecule has 4 nitrogen and oxygen atoms in total. The van der Waals surface area contributed by atoms with Crippen molar-refractivity contribution in [2.24, 2.45) is 0 Å². The zero-order valence-corrected chi connectivity index (χ0v) is 9.84. The maximum Gasteiger partial charge on any atom is 0.407 e. The van der Waals surface area contributed by atoms with Gasteiger partial charge in [-0.05, 0) is 12.8 Å². The van der Waals surface area contributed by atoms with Crippen molar-refractivity contribution < 1.29 is 13.6 Å². The molecule has 5 heteroatoms. The maximum absolute atomic E-state index is 11.9. The third-order valence-electron chi connectivity index (χ3n) is 1.77. The van der Waals surface area contributed by atoms with Crippen molar-refractivity contribution >= 4 is 7.75 Å². The lowest BCUT2D eigenvalue weighted by Gasteiger charge is -2.27. The highest BCUT2D eigenvalue weighted by atomic mass is 31.2. The molecular weight excluding hydrogens is 189 g/mol. The Kier molecular flexibility index (Phi) is 6.60. The molecule has 0 saturated carbocycles. The van der Waals surface area contributed by atoms with E-state index in [0.717, 1.165) is 25.9 Å².